The average molecular weight is 250 g/mol. The third kappa shape index (κ3) is 3.59. The van der Waals surface area contributed by atoms with E-state index in [2.05, 4.69) is 4.74 Å². The Hall–Kier alpha value is -1.83. The molecule has 0 aliphatic carbocycles. The number of nitro groups is 1. The van der Waals surface area contributed by atoms with E-state index in [1.54, 1.807) is 0 Å². The Morgan fingerprint density at radius 2 is 2.06 bits per heavy atom. The van der Waals surface area contributed by atoms with E-state index in [1.165, 1.54) is 6.92 Å². The predicted molar refractivity (Wildman–Crippen MR) is 52.4 cm³/mol. The van der Waals surface area contributed by atoms with Gasteiger partial charge in [0, 0.05) is 23.7 Å². The standard InChI is InChI=1S/C9H9F3N2O3/c1-5(13)7-4-6(14(15)16)2-3-8(7)17-9(10,11)12/h2-5H,13H2,1H3/t5-/m1/s1. The number of nitrogens with zero attached hydrogens (tertiary/aromatic N) is 1. The summed E-state index contributed by atoms with van der Waals surface area (Å²) in [4.78, 5) is 9.75. The lowest BCUT2D eigenvalue weighted by molar-refractivity contribution is -0.385. The Labute approximate surface area is 94.1 Å². The smallest absolute Gasteiger partial charge is 0.405 e. The maximum absolute atomic E-state index is 12.0. The molecular weight excluding hydrogens is 241 g/mol. The van der Waals surface area contributed by atoms with Gasteiger partial charge in [0.05, 0.1) is 4.92 Å². The molecule has 0 aromatic heterocycles. The molecule has 1 aromatic carbocycles. The van der Waals surface area contributed by atoms with Crippen LogP contribution in [0.15, 0.2) is 18.2 Å². The number of alkyl halides is 3. The van der Waals surface area contributed by atoms with Crippen molar-refractivity contribution in [3.05, 3.63) is 33.9 Å². The quantitative estimate of drug-likeness (QED) is 0.660. The van der Waals surface area contributed by atoms with Crippen molar-refractivity contribution >= 4 is 5.69 Å². The second-order valence-electron chi connectivity index (χ2n) is 3.32. The molecule has 2 N–H and O–H groups in total. The maximum atomic E-state index is 12.0. The number of non-ortho nitro benzene ring substituents is 1. The first-order valence-electron chi connectivity index (χ1n) is 4.50. The zero-order chi connectivity index (χ0) is 13.2. The van der Waals surface area contributed by atoms with Crippen molar-refractivity contribution in [2.45, 2.75) is 19.3 Å². The summed E-state index contributed by atoms with van der Waals surface area (Å²) >= 11 is 0. The van der Waals surface area contributed by atoms with Gasteiger partial charge in [0.2, 0.25) is 0 Å². The Morgan fingerprint density at radius 3 is 2.47 bits per heavy atom. The number of hydrogen-bond acceptors (Lipinski definition) is 4. The maximum Gasteiger partial charge on any atom is 0.573 e. The van der Waals surface area contributed by atoms with Gasteiger partial charge in [0.25, 0.3) is 5.69 Å². The molecule has 0 aliphatic heterocycles. The Bertz CT molecular complexity index is 432. The highest BCUT2D eigenvalue weighted by Gasteiger charge is 2.32. The van der Waals surface area contributed by atoms with E-state index < -0.39 is 23.1 Å². The van der Waals surface area contributed by atoms with Gasteiger partial charge in [-0.2, -0.15) is 0 Å². The molecule has 17 heavy (non-hydrogen) atoms. The van der Waals surface area contributed by atoms with E-state index in [9.17, 15) is 23.3 Å². The molecule has 0 aliphatic rings. The lowest BCUT2D eigenvalue weighted by Crippen LogP contribution is -2.19. The molecule has 0 saturated carbocycles. The van der Waals surface area contributed by atoms with E-state index in [0.29, 0.717) is 0 Å². The van der Waals surface area contributed by atoms with Crippen LogP contribution in [0.5, 0.6) is 5.75 Å². The molecule has 1 rings (SSSR count). The van der Waals surface area contributed by atoms with Crippen molar-refractivity contribution in [1.29, 1.82) is 0 Å². The van der Waals surface area contributed by atoms with Crippen LogP contribution in [-0.4, -0.2) is 11.3 Å². The zero-order valence-electron chi connectivity index (χ0n) is 8.69. The molecule has 0 heterocycles. The van der Waals surface area contributed by atoms with Crippen LogP contribution in [0.3, 0.4) is 0 Å². The molecule has 0 spiro atoms. The van der Waals surface area contributed by atoms with E-state index in [-0.39, 0.29) is 11.3 Å². The van der Waals surface area contributed by atoms with Crippen LogP contribution in [0, 0.1) is 10.1 Å². The summed E-state index contributed by atoms with van der Waals surface area (Å²) in [5.74, 6) is -0.530. The molecule has 1 aromatic rings. The van der Waals surface area contributed by atoms with Crippen molar-refractivity contribution in [3.8, 4) is 5.75 Å². The fraction of sp³-hybridized carbons (Fsp3) is 0.333. The summed E-state index contributed by atoms with van der Waals surface area (Å²) in [6.07, 6.45) is -4.86. The number of halogens is 3. The van der Waals surface area contributed by atoms with Crippen molar-refractivity contribution < 1.29 is 22.8 Å². The number of nitro benzene ring substituents is 1. The van der Waals surface area contributed by atoms with Gasteiger partial charge in [-0.1, -0.05) is 0 Å². The summed E-state index contributed by atoms with van der Waals surface area (Å²) in [5.41, 5.74) is 5.02. The Morgan fingerprint density at radius 1 is 1.47 bits per heavy atom. The molecule has 0 saturated heterocycles. The molecule has 0 amide bonds. The van der Waals surface area contributed by atoms with Crippen molar-refractivity contribution in [2.75, 3.05) is 0 Å². The SMILES string of the molecule is C[C@@H](N)c1cc([N+](=O)[O-])ccc1OC(F)(F)F. The number of benzene rings is 1. The summed E-state index contributed by atoms with van der Waals surface area (Å²) < 4.78 is 39.9. The van der Waals surface area contributed by atoms with E-state index >= 15 is 0 Å². The third-order valence-corrected chi connectivity index (χ3v) is 1.92. The number of nitrogens with two attached hydrogens (primary N) is 1. The lowest BCUT2D eigenvalue weighted by Gasteiger charge is -2.14. The van der Waals surface area contributed by atoms with Crippen LogP contribution in [0.2, 0.25) is 0 Å². The first kappa shape index (κ1) is 13.2. The van der Waals surface area contributed by atoms with E-state index in [4.69, 9.17) is 5.73 Å². The van der Waals surface area contributed by atoms with Crippen LogP contribution in [0.1, 0.15) is 18.5 Å². The highest BCUT2D eigenvalue weighted by atomic mass is 19.4. The van der Waals surface area contributed by atoms with Gasteiger partial charge in [0.15, 0.2) is 0 Å². The second kappa shape index (κ2) is 4.58. The molecule has 8 heteroatoms. The normalized spacial score (nSPS) is 13.2. The summed E-state index contributed by atoms with van der Waals surface area (Å²) in [6, 6.07) is 1.95. The van der Waals surface area contributed by atoms with Crippen LogP contribution in [0.25, 0.3) is 0 Å². The predicted octanol–water partition coefficient (Wildman–Crippen LogP) is 2.51. The molecule has 0 bridgehead atoms. The highest BCUT2D eigenvalue weighted by molar-refractivity contribution is 5.45. The van der Waals surface area contributed by atoms with Crippen molar-refractivity contribution in [2.24, 2.45) is 5.73 Å². The molecular formula is C9H9F3N2O3. The van der Waals surface area contributed by atoms with Crippen LogP contribution < -0.4 is 10.5 Å². The van der Waals surface area contributed by atoms with Gasteiger partial charge < -0.3 is 10.5 Å². The monoisotopic (exact) mass is 250 g/mol. The summed E-state index contributed by atoms with van der Waals surface area (Å²) in [7, 11) is 0. The van der Waals surface area contributed by atoms with Crippen LogP contribution >= 0.6 is 0 Å². The average Bonchev–Trinajstić information content (AvgIpc) is 2.14. The number of ether oxygens (including phenoxy) is 1. The van der Waals surface area contributed by atoms with E-state index in [1.807, 2.05) is 0 Å². The number of hydrogen-bond donors (Lipinski definition) is 1. The lowest BCUT2D eigenvalue weighted by atomic mass is 10.1. The van der Waals surface area contributed by atoms with Gasteiger partial charge in [-0.15, -0.1) is 13.2 Å². The minimum atomic E-state index is -4.86. The molecule has 0 fully saturated rings. The second-order valence-corrected chi connectivity index (χ2v) is 3.32. The fourth-order valence-corrected chi connectivity index (χ4v) is 1.22. The van der Waals surface area contributed by atoms with Crippen molar-refractivity contribution in [1.82, 2.24) is 0 Å². The van der Waals surface area contributed by atoms with Gasteiger partial charge in [-0.3, -0.25) is 10.1 Å². The fourth-order valence-electron chi connectivity index (χ4n) is 1.22. The van der Waals surface area contributed by atoms with Crippen molar-refractivity contribution in [3.63, 3.8) is 0 Å². The van der Waals surface area contributed by atoms with Crippen LogP contribution in [-0.2, 0) is 0 Å². The first-order valence-corrected chi connectivity index (χ1v) is 4.50. The van der Waals surface area contributed by atoms with Gasteiger partial charge in [0.1, 0.15) is 5.75 Å². The topological polar surface area (TPSA) is 78.4 Å². The van der Waals surface area contributed by atoms with Gasteiger partial charge in [-0.25, -0.2) is 0 Å². The van der Waals surface area contributed by atoms with Gasteiger partial charge >= 0.3 is 6.36 Å². The van der Waals surface area contributed by atoms with E-state index in [0.717, 1.165) is 18.2 Å². The highest BCUT2D eigenvalue weighted by Crippen LogP contribution is 2.32. The molecule has 0 unspecified atom stereocenters. The number of rotatable bonds is 3. The zero-order valence-corrected chi connectivity index (χ0v) is 8.69. The molecule has 1 atom stereocenters. The van der Waals surface area contributed by atoms with Crippen LogP contribution in [0.4, 0.5) is 18.9 Å². The van der Waals surface area contributed by atoms with Gasteiger partial charge in [-0.05, 0) is 13.0 Å². The molecule has 5 nitrogen and oxygen atoms in total. The minimum absolute atomic E-state index is 0.0727. The largest absolute Gasteiger partial charge is 0.573 e. The Kier molecular flexibility index (Phi) is 3.56. The molecule has 0 radical (unpaired) electrons. The Balaban J connectivity index is 3.18. The molecule has 94 valence electrons. The third-order valence-electron chi connectivity index (χ3n) is 1.92. The minimum Gasteiger partial charge on any atom is -0.405 e. The first-order chi connectivity index (χ1) is 7.70. The summed E-state index contributed by atoms with van der Waals surface area (Å²) in [6.45, 7) is 1.41. The summed E-state index contributed by atoms with van der Waals surface area (Å²) in [5, 5.41) is 10.5.